The number of likely N-dealkylation sites (tertiary alicyclic amines) is 1. The molecule has 1 heterocycles. The number of amides is 1. The highest BCUT2D eigenvalue weighted by atomic mass is 16.5. The number of nitrogens with zero attached hydrogens (tertiary/aromatic N) is 1. The summed E-state index contributed by atoms with van der Waals surface area (Å²) in [5.74, 6) is 1.44. The molecule has 0 saturated carbocycles. The maximum atomic E-state index is 13.3. The lowest BCUT2D eigenvalue weighted by molar-refractivity contribution is -0.153. The van der Waals surface area contributed by atoms with Gasteiger partial charge in [0.15, 0.2) is 11.5 Å². The van der Waals surface area contributed by atoms with E-state index in [1.165, 1.54) is 0 Å². The summed E-state index contributed by atoms with van der Waals surface area (Å²) in [6.45, 7) is 10.5. The van der Waals surface area contributed by atoms with Crippen molar-refractivity contribution in [1.82, 2.24) is 4.90 Å². The van der Waals surface area contributed by atoms with Crippen LogP contribution in [0.1, 0.15) is 53.0 Å². The van der Waals surface area contributed by atoms with Gasteiger partial charge in [0.25, 0.3) is 0 Å². The SMILES string of the molecule is COc1ccc(CC(C)C(=O)N2C(C)(C)CC(N)CC2(C)C)cc1OC. The molecule has 1 fully saturated rings. The van der Waals surface area contributed by atoms with Gasteiger partial charge in [-0.15, -0.1) is 0 Å². The number of piperidine rings is 1. The van der Waals surface area contributed by atoms with E-state index in [4.69, 9.17) is 15.2 Å². The predicted molar refractivity (Wildman–Crippen MR) is 105 cm³/mol. The topological polar surface area (TPSA) is 64.8 Å². The lowest BCUT2D eigenvalue weighted by Gasteiger charge is -2.55. The molecule has 2 N–H and O–H groups in total. The molecule has 1 atom stereocenters. The van der Waals surface area contributed by atoms with Crippen LogP contribution in [-0.4, -0.2) is 42.1 Å². The molecule has 26 heavy (non-hydrogen) atoms. The highest BCUT2D eigenvalue weighted by Gasteiger charge is 2.47. The molecule has 0 aromatic heterocycles. The van der Waals surface area contributed by atoms with Gasteiger partial charge in [0.05, 0.1) is 14.2 Å². The van der Waals surface area contributed by atoms with E-state index in [0.717, 1.165) is 18.4 Å². The standard InChI is InChI=1S/C21H34N2O3/c1-14(10-15-8-9-17(25-6)18(11-15)26-7)19(24)23-20(2,3)12-16(22)13-21(23,4)5/h8-9,11,14,16H,10,12-13,22H2,1-7H3. The van der Waals surface area contributed by atoms with Crippen molar-refractivity contribution < 1.29 is 14.3 Å². The Balaban J connectivity index is 2.21. The van der Waals surface area contributed by atoms with Crippen molar-refractivity contribution >= 4 is 5.91 Å². The maximum Gasteiger partial charge on any atom is 0.226 e. The Labute approximate surface area is 157 Å². The molecule has 0 aliphatic carbocycles. The summed E-state index contributed by atoms with van der Waals surface area (Å²) < 4.78 is 10.7. The van der Waals surface area contributed by atoms with Gasteiger partial charge in [0, 0.05) is 23.0 Å². The molecule has 1 aliphatic rings. The van der Waals surface area contributed by atoms with Crippen LogP contribution in [0, 0.1) is 5.92 Å². The Kier molecular flexibility index (Phi) is 5.91. The monoisotopic (exact) mass is 362 g/mol. The summed E-state index contributed by atoms with van der Waals surface area (Å²) in [5.41, 5.74) is 6.81. The molecule has 0 bridgehead atoms. The van der Waals surface area contributed by atoms with Gasteiger partial charge in [-0.2, -0.15) is 0 Å². The minimum Gasteiger partial charge on any atom is -0.493 e. The smallest absolute Gasteiger partial charge is 0.226 e. The van der Waals surface area contributed by atoms with Crippen molar-refractivity contribution in [3.05, 3.63) is 23.8 Å². The second kappa shape index (κ2) is 7.47. The van der Waals surface area contributed by atoms with Crippen LogP contribution in [-0.2, 0) is 11.2 Å². The minimum atomic E-state index is -0.246. The number of methoxy groups -OCH3 is 2. The van der Waals surface area contributed by atoms with Crippen LogP contribution >= 0.6 is 0 Å². The van der Waals surface area contributed by atoms with Crippen LogP contribution in [0.5, 0.6) is 11.5 Å². The number of hydrogen-bond acceptors (Lipinski definition) is 4. The highest BCUT2D eigenvalue weighted by molar-refractivity contribution is 5.80. The number of benzene rings is 1. The number of carbonyl (C=O) groups excluding carboxylic acids is 1. The molecule has 1 aromatic carbocycles. The van der Waals surface area contributed by atoms with Gasteiger partial charge in [0.2, 0.25) is 5.91 Å². The Hall–Kier alpha value is -1.75. The number of carbonyl (C=O) groups is 1. The third kappa shape index (κ3) is 4.14. The van der Waals surface area contributed by atoms with Gasteiger partial charge in [-0.25, -0.2) is 0 Å². The molecule has 1 unspecified atom stereocenters. The van der Waals surface area contributed by atoms with Crippen molar-refractivity contribution in [2.24, 2.45) is 11.7 Å². The molecule has 146 valence electrons. The summed E-state index contributed by atoms with van der Waals surface area (Å²) in [4.78, 5) is 15.4. The first-order valence-electron chi connectivity index (χ1n) is 9.32. The quantitative estimate of drug-likeness (QED) is 0.872. The number of nitrogens with two attached hydrogens (primary N) is 1. The maximum absolute atomic E-state index is 13.3. The fourth-order valence-corrected chi connectivity index (χ4v) is 4.62. The Morgan fingerprint density at radius 1 is 1.15 bits per heavy atom. The Morgan fingerprint density at radius 2 is 1.69 bits per heavy atom. The first-order valence-corrected chi connectivity index (χ1v) is 9.32. The highest BCUT2D eigenvalue weighted by Crippen LogP contribution is 2.39. The van der Waals surface area contributed by atoms with Crippen LogP contribution in [0.3, 0.4) is 0 Å². The van der Waals surface area contributed by atoms with E-state index in [1.807, 2.05) is 25.1 Å². The summed E-state index contributed by atoms with van der Waals surface area (Å²) in [5, 5.41) is 0. The minimum absolute atomic E-state index is 0.124. The molecule has 1 aliphatic heterocycles. The molecule has 5 heteroatoms. The van der Waals surface area contributed by atoms with Crippen molar-refractivity contribution in [3.63, 3.8) is 0 Å². The van der Waals surface area contributed by atoms with Crippen LogP contribution in [0.25, 0.3) is 0 Å². The second-order valence-corrected chi connectivity index (χ2v) is 8.76. The number of ether oxygens (including phenoxy) is 2. The summed E-state index contributed by atoms with van der Waals surface area (Å²) in [6, 6.07) is 5.96. The van der Waals surface area contributed by atoms with Crippen LogP contribution in [0.2, 0.25) is 0 Å². The number of hydrogen-bond donors (Lipinski definition) is 1. The van der Waals surface area contributed by atoms with Crippen molar-refractivity contribution in [2.45, 2.75) is 71.0 Å². The van der Waals surface area contributed by atoms with E-state index < -0.39 is 0 Å². The summed E-state index contributed by atoms with van der Waals surface area (Å²) >= 11 is 0. The Morgan fingerprint density at radius 3 is 2.19 bits per heavy atom. The summed E-state index contributed by atoms with van der Waals surface area (Å²) in [6.07, 6.45) is 2.31. The van der Waals surface area contributed by atoms with Crippen molar-refractivity contribution in [2.75, 3.05) is 14.2 Å². The fourth-order valence-electron chi connectivity index (χ4n) is 4.62. The van der Waals surface area contributed by atoms with Crippen LogP contribution in [0.15, 0.2) is 18.2 Å². The van der Waals surface area contributed by atoms with Crippen molar-refractivity contribution in [3.8, 4) is 11.5 Å². The fraction of sp³-hybridized carbons (Fsp3) is 0.667. The molecule has 1 amide bonds. The summed E-state index contributed by atoms with van der Waals surface area (Å²) in [7, 11) is 3.24. The molecule has 1 saturated heterocycles. The molecule has 1 aromatic rings. The first kappa shape index (κ1) is 20.6. The number of rotatable bonds is 5. The molecule has 5 nitrogen and oxygen atoms in total. The third-order valence-corrected chi connectivity index (χ3v) is 5.37. The third-order valence-electron chi connectivity index (χ3n) is 5.37. The van der Waals surface area contributed by atoms with Gasteiger partial charge >= 0.3 is 0 Å². The van der Waals surface area contributed by atoms with E-state index in [-0.39, 0.29) is 28.9 Å². The van der Waals surface area contributed by atoms with Crippen molar-refractivity contribution in [1.29, 1.82) is 0 Å². The second-order valence-electron chi connectivity index (χ2n) is 8.76. The predicted octanol–water partition coefficient (Wildman–Crippen LogP) is 3.39. The lowest BCUT2D eigenvalue weighted by Crippen LogP contribution is -2.66. The van der Waals surface area contributed by atoms with E-state index in [1.54, 1.807) is 14.2 Å². The van der Waals surface area contributed by atoms with E-state index >= 15 is 0 Å². The Bertz CT molecular complexity index is 637. The zero-order chi connectivity index (χ0) is 19.7. The van der Waals surface area contributed by atoms with Gasteiger partial charge < -0.3 is 20.1 Å². The van der Waals surface area contributed by atoms with Crippen LogP contribution in [0.4, 0.5) is 0 Å². The zero-order valence-corrected chi connectivity index (χ0v) is 17.3. The van der Waals surface area contributed by atoms with Gasteiger partial charge in [0.1, 0.15) is 0 Å². The molecule has 0 radical (unpaired) electrons. The zero-order valence-electron chi connectivity index (χ0n) is 17.3. The van der Waals surface area contributed by atoms with Gasteiger partial charge in [-0.05, 0) is 64.7 Å². The molecular formula is C21H34N2O3. The van der Waals surface area contributed by atoms with Crippen LogP contribution < -0.4 is 15.2 Å². The van der Waals surface area contributed by atoms with E-state index in [9.17, 15) is 4.79 Å². The average Bonchev–Trinajstić information content (AvgIpc) is 2.51. The van der Waals surface area contributed by atoms with E-state index in [0.29, 0.717) is 17.9 Å². The molecule has 0 spiro atoms. The average molecular weight is 363 g/mol. The van der Waals surface area contributed by atoms with E-state index in [2.05, 4.69) is 32.6 Å². The molecular weight excluding hydrogens is 328 g/mol. The first-order chi connectivity index (χ1) is 12.0. The normalized spacial score (nSPS) is 20.5. The van der Waals surface area contributed by atoms with Gasteiger partial charge in [-0.3, -0.25) is 4.79 Å². The molecule has 2 rings (SSSR count). The van der Waals surface area contributed by atoms with Gasteiger partial charge in [-0.1, -0.05) is 13.0 Å². The largest absolute Gasteiger partial charge is 0.493 e. The lowest BCUT2D eigenvalue weighted by atomic mass is 9.76.